The molecule has 7 nitrogen and oxygen atoms in total. The van der Waals surface area contributed by atoms with Gasteiger partial charge in [-0.2, -0.15) is 0 Å². The zero-order valence-corrected chi connectivity index (χ0v) is 24.0. The number of hydrogen-bond acceptors (Lipinski definition) is 4. The van der Waals surface area contributed by atoms with Crippen LogP contribution in [0.25, 0.3) is 0 Å². The molecule has 0 aliphatic heterocycles. The Bertz CT molecular complexity index is 1100. The molecule has 0 radical (unpaired) electrons. The number of nitrogens with zero attached hydrogens (tertiary/aromatic N) is 1. The van der Waals surface area contributed by atoms with Crippen LogP contribution in [-0.2, 0) is 11.2 Å². The molecule has 1 aliphatic rings. The van der Waals surface area contributed by atoms with Crippen molar-refractivity contribution in [2.75, 3.05) is 19.8 Å². The first kappa shape index (κ1) is 31.2. The van der Waals surface area contributed by atoms with Gasteiger partial charge in [-0.15, -0.1) is 0 Å². The molecular weight excluding hydrogens is 518 g/mol. The predicted octanol–water partition coefficient (Wildman–Crippen LogP) is 6.92. The van der Waals surface area contributed by atoms with Gasteiger partial charge < -0.3 is 24.8 Å². The molecule has 40 heavy (non-hydrogen) atoms. The maximum absolute atomic E-state index is 13.8. The van der Waals surface area contributed by atoms with Crippen LogP contribution in [0, 0.1) is 6.92 Å². The smallest absolute Gasteiger partial charge is 0.329 e. The molecule has 1 aliphatic carbocycles. The number of unbranched alkanes of at least 4 members (excludes halogenated alkanes) is 1. The number of halogens is 2. The lowest BCUT2D eigenvalue weighted by Crippen LogP contribution is -2.68. The fraction of sp³-hybridized carbons (Fsp3) is 0.548. The Kier molecular flexibility index (Phi) is 10.8. The number of ether oxygens (including phenoxy) is 2. The summed E-state index contributed by atoms with van der Waals surface area (Å²) in [6.45, 7) is 9.15. The highest BCUT2D eigenvalue weighted by atomic mass is 19.3. The number of alkyl halides is 2. The lowest BCUT2D eigenvalue weighted by molar-refractivity contribution is -0.175. The topological polar surface area (TPSA) is 88.1 Å². The maximum Gasteiger partial charge on any atom is 0.329 e. The first-order valence-corrected chi connectivity index (χ1v) is 14.2. The number of urea groups is 1. The number of carbonyl (C=O) groups is 2. The summed E-state index contributed by atoms with van der Waals surface area (Å²) in [4.78, 5) is 27.0. The summed E-state index contributed by atoms with van der Waals surface area (Å²) in [5.41, 5.74) is 0.810. The molecule has 2 aromatic rings. The minimum absolute atomic E-state index is 0.316. The van der Waals surface area contributed by atoms with E-state index in [0.717, 1.165) is 36.8 Å². The minimum atomic E-state index is -3.12. The second-order valence-electron chi connectivity index (χ2n) is 10.7. The van der Waals surface area contributed by atoms with Gasteiger partial charge in [0.25, 0.3) is 5.92 Å². The summed E-state index contributed by atoms with van der Waals surface area (Å²) in [5, 5.41) is 12.2. The van der Waals surface area contributed by atoms with E-state index in [4.69, 9.17) is 9.47 Å². The van der Waals surface area contributed by atoms with Crippen LogP contribution in [0.1, 0.15) is 82.0 Å². The van der Waals surface area contributed by atoms with Crippen molar-refractivity contribution in [3.63, 3.8) is 0 Å². The highest BCUT2D eigenvalue weighted by molar-refractivity contribution is 5.88. The highest BCUT2D eigenvalue weighted by Gasteiger charge is 2.62. The molecule has 1 atom stereocenters. The van der Waals surface area contributed by atoms with E-state index in [9.17, 15) is 23.5 Å². The average Bonchev–Trinajstić information content (AvgIpc) is 2.90. The van der Waals surface area contributed by atoms with E-state index in [2.05, 4.69) is 5.32 Å². The predicted molar refractivity (Wildman–Crippen MR) is 150 cm³/mol. The molecule has 0 spiro atoms. The molecule has 2 aromatic carbocycles. The number of carboxylic acid groups (broad SMARTS) is 1. The van der Waals surface area contributed by atoms with Gasteiger partial charge in [-0.1, -0.05) is 44.2 Å². The Morgan fingerprint density at radius 2 is 1.60 bits per heavy atom. The molecule has 3 rings (SSSR count). The number of rotatable bonds is 15. The molecule has 9 heteroatoms. The summed E-state index contributed by atoms with van der Waals surface area (Å²) in [6, 6.07) is 12.6. The highest BCUT2D eigenvalue weighted by Crippen LogP contribution is 2.46. The Morgan fingerprint density at radius 3 is 2.10 bits per heavy atom. The molecule has 0 saturated heterocycles. The Morgan fingerprint density at radius 1 is 1.02 bits per heavy atom. The molecule has 2 amide bonds. The van der Waals surface area contributed by atoms with Crippen molar-refractivity contribution in [2.45, 2.75) is 90.1 Å². The van der Waals surface area contributed by atoms with Crippen molar-refractivity contribution in [2.24, 2.45) is 0 Å². The van der Waals surface area contributed by atoms with Gasteiger partial charge in [0, 0.05) is 24.9 Å². The Balaban J connectivity index is 1.87. The van der Waals surface area contributed by atoms with E-state index in [1.807, 2.05) is 70.2 Å². The van der Waals surface area contributed by atoms with Crippen molar-refractivity contribution in [3.05, 3.63) is 59.2 Å². The van der Waals surface area contributed by atoms with Gasteiger partial charge in [-0.25, -0.2) is 18.4 Å². The van der Waals surface area contributed by atoms with E-state index in [-0.39, 0.29) is 0 Å². The molecule has 1 unspecified atom stereocenters. The normalized spacial score (nSPS) is 15.9. The number of carboxylic acids is 1. The van der Waals surface area contributed by atoms with Crippen LogP contribution >= 0.6 is 0 Å². The third kappa shape index (κ3) is 7.86. The number of amides is 2. The van der Waals surface area contributed by atoms with Crippen LogP contribution in [0.4, 0.5) is 13.6 Å². The number of nitrogens with one attached hydrogen (secondary N) is 1. The van der Waals surface area contributed by atoms with E-state index in [0.29, 0.717) is 37.7 Å². The summed E-state index contributed by atoms with van der Waals surface area (Å²) < 4.78 is 39.5. The van der Waals surface area contributed by atoms with Crippen LogP contribution in [0.15, 0.2) is 42.5 Å². The summed E-state index contributed by atoms with van der Waals surface area (Å²) >= 11 is 0. The minimum Gasteiger partial charge on any atom is -0.493 e. The molecule has 0 aromatic heterocycles. The molecule has 1 fully saturated rings. The van der Waals surface area contributed by atoms with Crippen molar-refractivity contribution in [1.29, 1.82) is 0 Å². The lowest BCUT2D eigenvalue weighted by Gasteiger charge is -2.45. The molecular formula is C31H42F2N2O5. The van der Waals surface area contributed by atoms with E-state index < -0.39 is 42.3 Å². The molecule has 1 saturated carbocycles. The quantitative estimate of drug-likeness (QED) is 0.231. The monoisotopic (exact) mass is 560 g/mol. The van der Waals surface area contributed by atoms with Gasteiger partial charge in [0.05, 0.1) is 19.3 Å². The van der Waals surface area contributed by atoms with E-state index >= 15 is 0 Å². The summed E-state index contributed by atoms with van der Waals surface area (Å²) in [5.74, 6) is -3.26. The number of hydrogen-bond donors (Lipinski definition) is 2. The zero-order chi connectivity index (χ0) is 29.3. The average molecular weight is 561 g/mol. The largest absolute Gasteiger partial charge is 0.493 e. The van der Waals surface area contributed by atoms with Crippen LogP contribution in [0.3, 0.4) is 0 Å². The third-order valence-electron chi connectivity index (χ3n) is 7.30. The van der Waals surface area contributed by atoms with Crippen LogP contribution in [0.2, 0.25) is 0 Å². The number of aliphatic carboxylic acids is 1. The van der Waals surface area contributed by atoms with Crippen molar-refractivity contribution >= 4 is 12.0 Å². The van der Waals surface area contributed by atoms with Crippen molar-refractivity contribution < 1.29 is 33.0 Å². The van der Waals surface area contributed by atoms with E-state index in [1.54, 1.807) is 0 Å². The van der Waals surface area contributed by atoms with E-state index in [1.165, 1.54) is 10.5 Å². The Labute approximate surface area is 235 Å². The SMILES string of the molecule is CCCOc1cc(C(C)N(CCCCc2ccccc2)C(=O)NC2(C(=O)O)CC(F)(F)C2)cc(OCCC)c1C. The second-order valence-corrected chi connectivity index (χ2v) is 10.7. The summed E-state index contributed by atoms with van der Waals surface area (Å²) in [6.07, 6.45) is 2.06. The number of carbonyl (C=O) groups excluding carboxylic acids is 1. The van der Waals surface area contributed by atoms with Gasteiger partial charge >= 0.3 is 12.0 Å². The van der Waals surface area contributed by atoms with Crippen LogP contribution in [0.5, 0.6) is 11.5 Å². The second kappa shape index (κ2) is 13.8. The number of aryl methyl sites for hydroxylation is 1. The fourth-order valence-electron chi connectivity index (χ4n) is 4.96. The third-order valence-corrected chi connectivity index (χ3v) is 7.30. The first-order valence-electron chi connectivity index (χ1n) is 14.2. The van der Waals surface area contributed by atoms with Gasteiger partial charge in [-0.05, 0) is 69.2 Å². The first-order chi connectivity index (χ1) is 19.0. The summed E-state index contributed by atoms with van der Waals surface area (Å²) in [7, 11) is 0. The lowest BCUT2D eigenvalue weighted by atomic mass is 9.73. The molecule has 0 bridgehead atoms. The van der Waals surface area contributed by atoms with Gasteiger partial charge in [0.2, 0.25) is 0 Å². The number of benzene rings is 2. The van der Waals surface area contributed by atoms with Crippen LogP contribution < -0.4 is 14.8 Å². The fourth-order valence-corrected chi connectivity index (χ4v) is 4.96. The van der Waals surface area contributed by atoms with Crippen molar-refractivity contribution in [3.8, 4) is 11.5 Å². The van der Waals surface area contributed by atoms with Gasteiger partial charge in [0.15, 0.2) is 5.54 Å². The molecule has 220 valence electrons. The van der Waals surface area contributed by atoms with Gasteiger partial charge in [-0.3, -0.25) is 0 Å². The van der Waals surface area contributed by atoms with Crippen LogP contribution in [-0.4, -0.2) is 53.2 Å². The maximum atomic E-state index is 13.8. The molecule has 2 N–H and O–H groups in total. The Hall–Kier alpha value is -3.36. The van der Waals surface area contributed by atoms with Crippen molar-refractivity contribution in [1.82, 2.24) is 10.2 Å². The van der Waals surface area contributed by atoms with Gasteiger partial charge in [0.1, 0.15) is 11.5 Å². The molecule has 0 heterocycles. The standard InChI is InChI=1S/C31H42F2N2O5/c1-5-16-39-26-18-25(19-27(22(26)3)40-17-6-2)23(4)35(15-11-10-14-24-12-8-7-9-13-24)29(38)34-30(28(36)37)20-31(32,33)21-30/h7-9,12-13,18-19,23H,5-6,10-11,14-17,20-21H2,1-4H3,(H,34,38)(H,36,37). The zero-order valence-electron chi connectivity index (χ0n) is 24.0.